The van der Waals surface area contributed by atoms with Crippen LogP contribution in [0.3, 0.4) is 0 Å². The number of halogens is 2. The van der Waals surface area contributed by atoms with Crippen LogP contribution in [-0.4, -0.2) is 34.2 Å². The molecule has 0 saturated heterocycles. The SMILES string of the molecule is Cc1cc(N(C)CC(=O)Nc2cc(S(C)(=O)=O)ccc2Cl)ccc1Br. The fourth-order valence-corrected chi connectivity index (χ4v) is 3.25. The number of nitrogens with one attached hydrogen (secondary N) is 1. The molecule has 0 aromatic heterocycles. The molecule has 0 aliphatic rings. The van der Waals surface area contributed by atoms with E-state index in [1.807, 2.05) is 25.1 Å². The second-order valence-corrected chi connectivity index (χ2v) is 9.03. The van der Waals surface area contributed by atoms with Gasteiger partial charge >= 0.3 is 0 Å². The van der Waals surface area contributed by atoms with Gasteiger partial charge in [-0.3, -0.25) is 4.79 Å². The summed E-state index contributed by atoms with van der Waals surface area (Å²) in [5, 5.41) is 2.94. The van der Waals surface area contributed by atoms with E-state index in [9.17, 15) is 13.2 Å². The molecule has 8 heteroatoms. The van der Waals surface area contributed by atoms with E-state index in [0.717, 1.165) is 22.0 Å². The fourth-order valence-electron chi connectivity index (χ4n) is 2.19. The first kappa shape index (κ1) is 19.8. The van der Waals surface area contributed by atoms with Crippen LogP contribution in [0.15, 0.2) is 45.8 Å². The van der Waals surface area contributed by atoms with E-state index in [2.05, 4.69) is 21.2 Å². The molecule has 0 aliphatic carbocycles. The Morgan fingerprint density at radius 1 is 1.24 bits per heavy atom. The molecule has 134 valence electrons. The van der Waals surface area contributed by atoms with Crippen LogP contribution in [0.4, 0.5) is 11.4 Å². The predicted molar refractivity (Wildman–Crippen MR) is 105 cm³/mol. The highest BCUT2D eigenvalue weighted by atomic mass is 79.9. The van der Waals surface area contributed by atoms with Gasteiger partial charge in [0.05, 0.1) is 22.2 Å². The monoisotopic (exact) mass is 444 g/mol. The van der Waals surface area contributed by atoms with Crippen molar-refractivity contribution in [3.05, 3.63) is 51.5 Å². The summed E-state index contributed by atoms with van der Waals surface area (Å²) in [6, 6.07) is 10.0. The zero-order valence-corrected chi connectivity index (χ0v) is 17.2. The van der Waals surface area contributed by atoms with Crippen molar-refractivity contribution in [2.75, 3.05) is 30.1 Å². The van der Waals surface area contributed by atoms with Crippen LogP contribution in [0.25, 0.3) is 0 Å². The molecule has 0 aliphatic heterocycles. The maximum absolute atomic E-state index is 12.3. The Morgan fingerprint density at radius 3 is 2.52 bits per heavy atom. The molecule has 2 aromatic rings. The maximum Gasteiger partial charge on any atom is 0.243 e. The smallest absolute Gasteiger partial charge is 0.243 e. The Balaban J connectivity index is 2.13. The number of aryl methyl sites for hydroxylation is 1. The quantitative estimate of drug-likeness (QED) is 0.758. The zero-order chi connectivity index (χ0) is 18.8. The first-order valence-electron chi connectivity index (χ1n) is 7.34. The van der Waals surface area contributed by atoms with E-state index in [1.54, 1.807) is 11.9 Å². The van der Waals surface area contributed by atoms with Gasteiger partial charge in [0.2, 0.25) is 5.91 Å². The molecule has 0 bridgehead atoms. The van der Waals surface area contributed by atoms with E-state index in [-0.39, 0.29) is 28.1 Å². The van der Waals surface area contributed by atoms with Crippen molar-refractivity contribution < 1.29 is 13.2 Å². The van der Waals surface area contributed by atoms with Crippen molar-refractivity contribution in [3.63, 3.8) is 0 Å². The summed E-state index contributed by atoms with van der Waals surface area (Å²) in [6.07, 6.45) is 1.10. The number of rotatable bonds is 5. The van der Waals surface area contributed by atoms with Gasteiger partial charge in [0.15, 0.2) is 9.84 Å². The van der Waals surface area contributed by atoms with Gasteiger partial charge in [0.1, 0.15) is 0 Å². The zero-order valence-electron chi connectivity index (χ0n) is 14.0. The molecular weight excluding hydrogens is 428 g/mol. The minimum atomic E-state index is -3.38. The van der Waals surface area contributed by atoms with Gasteiger partial charge in [-0.1, -0.05) is 27.5 Å². The van der Waals surface area contributed by atoms with Gasteiger partial charge in [-0.2, -0.15) is 0 Å². The molecule has 0 saturated carbocycles. The van der Waals surface area contributed by atoms with E-state index in [0.29, 0.717) is 0 Å². The third-order valence-electron chi connectivity index (χ3n) is 3.60. The number of hydrogen-bond acceptors (Lipinski definition) is 4. The molecule has 25 heavy (non-hydrogen) atoms. The summed E-state index contributed by atoms with van der Waals surface area (Å²) in [4.78, 5) is 14.2. The van der Waals surface area contributed by atoms with Crippen molar-refractivity contribution in [1.82, 2.24) is 0 Å². The van der Waals surface area contributed by atoms with Crippen LogP contribution in [0.2, 0.25) is 5.02 Å². The van der Waals surface area contributed by atoms with E-state index >= 15 is 0 Å². The molecule has 0 radical (unpaired) electrons. The molecule has 0 fully saturated rings. The van der Waals surface area contributed by atoms with E-state index in [4.69, 9.17) is 11.6 Å². The van der Waals surface area contributed by atoms with Crippen LogP contribution in [0.1, 0.15) is 5.56 Å². The first-order chi connectivity index (χ1) is 11.6. The minimum absolute atomic E-state index is 0.0977. The third kappa shape index (κ3) is 5.20. The van der Waals surface area contributed by atoms with Gasteiger partial charge in [0.25, 0.3) is 0 Å². The fraction of sp³-hybridized carbons (Fsp3) is 0.235. The second-order valence-electron chi connectivity index (χ2n) is 5.75. The highest BCUT2D eigenvalue weighted by Gasteiger charge is 2.14. The number of carbonyl (C=O) groups is 1. The van der Waals surface area contributed by atoms with Crippen molar-refractivity contribution in [2.45, 2.75) is 11.8 Å². The summed E-state index contributed by atoms with van der Waals surface area (Å²) in [5.41, 5.74) is 2.23. The first-order valence-corrected chi connectivity index (χ1v) is 10.4. The van der Waals surface area contributed by atoms with Crippen LogP contribution >= 0.6 is 27.5 Å². The Labute approximate surface area is 161 Å². The van der Waals surface area contributed by atoms with Gasteiger partial charge in [0, 0.05) is 23.5 Å². The lowest BCUT2D eigenvalue weighted by Crippen LogP contribution is -2.30. The Morgan fingerprint density at radius 2 is 1.92 bits per heavy atom. The van der Waals surface area contributed by atoms with Crippen LogP contribution in [0, 0.1) is 6.92 Å². The highest BCUT2D eigenvalue weighted by molar-refractivity contribution is 9.10. The summed E-state index contributed by atoms with van der Waals surface area (Å²) in [7, 11) is -1.58. The number of nitrogens with zero attached hydrogens (tertiary/aromatic N) is 1. The summed E-state index contributed by atoms with van der Waals surface area (Å²) < 4.78 is 24.3. The topological polar surface area (TPSA) is 66.5 Å². The number of carbonyl (C=O) groups excluding carboxylic acids is 1. The van der Waals surface area contributed by atoms with Crippen LogP contribution in [-0.2, 0) is 14.6 Å². The summed E-state index contributed by atoms with van der Waals surface area (Å²) in [6.45, 7) is 2.07. The molecule has 1 amide bonds. The Bertz CT molecular complexity index is 916. The molecule has 0 atom stereocenters. The largest absolute Gasteiger partial charge is 0.365 e. The molecule has 5 nitrogen and oxygen atoms in total. The summed E-state index contributed by atoms with van der Waals surface area (Å²) in [5.74, 6) is -0.296. The summed E-state index contributed by atoms with van der Waals surface area (Å²) >= 11 is 9.50. The van der Waals surface area contributed by atoms with Crippen LogP contribution < -0.4 is 10.2 Å². The van der Waals surface area contributed by atoms with Gasteiger partial charge in [-0.25, -0.2) is 8.42 Å². The lowest BCUT2D eigenvalue weighted by molar-refractivity contribution is -0.114. The van der Waals surface area contributed by atoms with Crippen molar-refractivity contribution in [3.8, 4) is 0 Å². The van der Waals surface area contributed by atoms with Crippen molar-refractivity contribution in [2.24, 2.45) is 0 Å². The molecule has 0 unspecified atom stereocenters. The molecule has 2 rings (SSSR count). The van der Waals surface area contributed by atoms with Gasteiger partial charge < -0.3 is 10.2 Å². The number of likely N-dealkylation sites (N-methyl/N-ethyl adjacent to an activating group) is 1. The average molecular weight is 446 g/mol. The number of anilines is 2. The molecule has 2 aromatic carbocycles. The standard InChI is InChI=1S/C17H18BrClN2O3S/c1-11-8-12(4-6-14(11)18)21(2)10-17(22)20-16-9-13(25(3,23)24)5-7-15(16)19/h4-9H,10H2,1-3H3,(H,20,22). The average Bonchev–Trinajstić information content (AvgIpc) is 2.50. The molecule has 0 spiro atoms. The number of benzene rings is 2. The molecule has 0 heterocycles. The third-order valence-corrected chi connectivity index (χ3v) is 5.93. The Hall–Kier alpha value is -1.57. The lowest BCUT2D eigenvalue weighted by atomic mass is 10.2. The number of hydrogen-bond donors (Lipinski definition) is 1. The van der Waals surface area contributed by atoms with Crippen LogP contribution in [0.5, 0.6) is 0 Å². The highest BCUT2D eigenvalue weighted by Crippen LogP contribution is 2.26. The van der Waals surface area contributed by atoms with Gasteiger partial charge in [-0.05, 0) is 48.9 Å². The van der Waals surface area contributed by atoms with Gasteiger partial charge in [-0.15, -0.1) is 0 Å². The molecule has 1 N–H and O–H groups in total. The van der Waals surface area contributed by atoms with E-state index < -0.39 is 9.84 Å². The molecular formula is C17H18BrClN2O3S. The van der Waals surface area contributed by atoms with Crippen molar-refractivity contribution in [1.29, 1.82) is 0 Å². The second kappa shape index (κ2) is 7.76. The van der Waals surface area contributed by atoms with Crippen molar-refractivity contribution >= 4 is 54.7 Å². The number of sulfone groups is 1. The number of amides is 1. The Kier molecular flexibility index (Phi) is 6.13. The predicted octanol–water partition coefficient (Wildman–Crippen LogP) is 3.89. The van der Waals surface area contributed by atoms with E-state index in [1.165, 1.54) is 18.2 Å². The normalized spacial score (nSPS) is 11.2. The minimum Gasteiger partial charge on any atom is -0.365 e. The lowest BCUT2D eigenvalue weighted by Gasteiger charge is -2.20. The maximum atomic E-state index is 12.3.